The van der Waals surface area contributed by atoms with Crippen LogP contribution in [0.2, 0.25) is 0 Å². The topological polar surface area (TPSA) is 91.3 Å². The van der Waals surface area contributed by atoms with Crippen LogP contribution < -0.4 is 0 Å². The van der Waals surface area contributed by atoms with E-state index in [1.54, 1.807) is 20.8 Å². The quantitative estimate of drug-likeness (QED) is 0.109. The Bertz CT molecular complexity index is 862. The molecule has 0 radical (unpaired) electrons. The summed E-state index contributed by atoms with van der Waals surface area (Å²) in [5.41, 5.74) is 0.407. The highest BCUT2D eigenvalue weighted by atomic mass is 17.2. The Hall–Kier alpha value is -1.96. The van der Waals surface area contributed by atoms with Gasteiger partial charge >= 0.3 is 11.9 Å². The van der Waals surface area contributed by atoms with Gasteiger partial charge in [0.2, 0.25) is 0 Å². The largest absolute Gasteiger partial charge is 0.393 e. The first-order valence-corrected chi connectivity index (χ1v) is 15.7. The molecule has 0 amide bonds. The summed E-state index contributed by atoms with van der Waals surface area (Å²) in [5.74, 6) is -0.626. The molecule has 244 valence electrons. The zero-order valence-electron chi connectivity index (χ0n) is 28.6. The van der Waals surface area contributed by atoms with E-state index in [1.807, 2.05) is 44.2 Å². The van der Waals surface area contributed by atoms with Crippen LogP contribution in [0.5, 0.6) is 0 Å². The fourth-order valence-electron chi connectivity index (χ4n) is 4.23. The van der Waals surface area contributed by atoms with Crippen LogP contribution in [0.1, 0.15) is 152 Å². The first-order valence-electron chi connectivity index (χ1n) is 15.7. The Morgan fingerprint density at radius 3 is 1.50 bits per heavy atom. The first-order chi connectivity index (χ1) is 19.2. The number of rotatable bonds is 17. The molecule has 0 aliphatic heterocycles. The van der Waals surface area contributed by atoms with Crippen molar-refractivity contribution in [2.45, 2.75) is 164 Å². The van der Waals surface area contributed by atoms with Crippen LogP contribution in [0.3, 0.4) is 0 Å². The molecular weight excluding hydrogens is 532 g/mol. The van der Waals surface area contributed by atoms with Gasteiger partial charge in [0.05, 0.1) is 6.10 Å². The van der Waals surface area contributed by atoms with Gasteiger partial charge < -0.3 is 5.11 Å². The van der Waals surface area contributed by atoms with E-state index in [0.29, 0.717) is 30.1 Å². The first kappa shape index (κ1) is 40.0. The SMILES string of the molecule is CC(C)(C)CCCCCC(=O)OOC(C)(C)c1ccccc1.CC(O)CC(C)(C)OOC(=O)CCCCCC(C)(C)C. The van der Waals surface area contributed by atoms with Gasteiger partial charge in [-0.15, -0.1) is 0 Å². The van der Waals surface area contributed by atoms with Crippen molar-refractivity contribution in [2.75, 3.05) is 0 Å². The van der Waals surface area contributed by atoms with E-state index in [9.17, 15) is 14.7 Å². The van der Waals surface area contributed by atoms with Crippen molar-refractivity contribution in [3.8, 4) is 0 Å². The fourth-order valence-corrected chi connectivity index (χ4v) is 4.23. The molecule has 1 unspecified atom stereocenters. The molecule has 0 saturated carbocycles. The summed E-state index contributed by atoms with van der Waals surface area (Å²) in [6, 6.07) is 9.75. The summed E-state index contributed by atoms with van der Waals surface area (Å²) < 4.78 is 0. The molecule has 0 aromatic heterocycles. The highest BCUT2D eigenvalue weighted by Gasteiger charge is 2.25. The maximum atomic E-state index is 11.7. The molecule has 1 aromatic rings. The molecular formula is C35H62O7. The average Bonchev–Trinajstić information content (AvgIpc) is 2.85. The fraction of sp³-hybridized carbons (Fsp3) is 0.771. The minimum atomic E-state index is -0.657. The molecule has 0 aliphatic rings. The molecule has 7 heteroatoms. The lowest BCUT2D eigenvalue weighted by atomic mass is 9.89. The van der Waals surface area contributed by atoms with E-state index in [2.05, 4.69) is 41.5 Å². The Balaban J connectivity index is 0.000000805. The summed E-state index contributed by atoms with van der Waals surface area (Å²) in [6.07, 6.45) is 9.12. The molecule has 0 saturated heterocycles. The second-order valence-corrected chi connectivity index (χ2v) is 15.0. The van der Waals surface area contributed by atoms with E-state index in [0.717, 1.165) is 44.1 Å². The third-order valence-corrected chi connectivity index (χ3v) is 6.57. The highest BCUT2D eigenvalue weighted by Crippen LogP contribution is 2.26. The van der Waals surface area contributed by atoms with Crippen molar-refractivity contribution in [3.05, 3.63) is 35.9 Å². The molecule has 0 fully saturated rings. The third-order valence-electron chi connectivity index (χ3n) is 6.57. The van der Waals surface area contributed by atoms with Crippen LogP contribution in [-0.4, -0.2) is 28.8 Å². The molecule has 1 atom stereocenters. The van der Waals surface area contributed by atoms with Crippen LogP contribution in [0, 0.1) is 10.8 Å². The predicted molar refractivity (Wildman–Crippen MR) is 169 cm³/mol. The second kappa shape index (κ2) is 19.3. The summed E-state index contributed by atoms with van der Waals surface area (Å²) in [7, 11) is 0. The zero-order valence-corrected chi connectivity index (χ0v) is 28.6. The maximum absolute atomic E-state index is 11.7. The van der Waals surface area contributed by atoms with Gasteiger partial charge in [0.15, 0.2) is 0 Å². The van der Waals surface area contributed by atoms with E-state index < -0.39 is 17.3 Å². The van der Waals surface area contributed by atoms with Gasteiger partial charge in [-0.3, -0.25) is 9.78 Å². The Morgan fingerprint density at radius 2 is 1.10 bits per heavy atom. The Kier molecular flexibility index (Phi) is 18.4. The van der Waals surface area contributed by atoms with Crippen molar-refractivity contribution in [2.24, 2.45) is 10.8 Å². The molecule has 42 heavy (non-hydrogen) atoms. The summed E-state index contributed by atoms with van der Waals surface area (Å²) >= 11 is 0. The molecule has 1 N–H and O–H groups in total. The van der Waals surface area contributed by atoms with Crippen LogP contribution in [0.4, 0.5) is 0 Å². The maximum Gasteiger partial charge on any atom is 0.342 e. The molecule has 0 aliphatic carbocycles. The number of hydrogen-bond donors (Lipinski definition) is 1. The van der Waals surface area contributed by atoms with Crippen molar-refractivity contribution < 1.29 is 34.2 Å². The molecule has 0 bridgehead atoms. The smallest absolute Gasteiger partial charge is 0.342 e. The van der Waals surface area contributed by atoms with E-state index in [4.69, 9.17) is 19.6 Å². The summed E-state index contributed by atoms with van der Waals surface area (Å²) in [4.78, 5) is 43.5. The van der Waals surface area contributed by atoms with Gasteiger partial charge in [0, 0.05) is 19.3 Å². The zero-order chi connectivity index (χ0) is 32.5. The predicted octanol–water partition coefficient (Wildman–Crippen LogP) is 9.40. The van der Waals surface area contributed by atoms with Gasteiger partial charge in [-0.2, -0.15) is 9.78 Å². The van der Waals surface area contributed by atoms with Gasteiger partial charge in [-0.25, -0.2) is 9.59 Å². The Labute approximate surface area is 256 Å². The minimum absolute atomic E-state index is 0.292. The van der Waals surface area contributed by atoms with E-state index >= 15 is 0 Å². The van der Waals surface area contributed by atoms with Gasteiger partial charge in [0.25, 0.3) is 0 Å². The highest BCUT2D eigenvalue weighted by molar-refractivity contribution is 5.68. The van der Waals surface area contributed by atoms with Crippen molar-refractivity contribution >= 4 is 11.9 Å². The molecule has 0 heterocycles. The Morgan fingerprint density at radius 1 is 0.667 bits per heavy atom. The van der Waals surface area contributed by atoms with E-state index in [-0.39, 0.29) is 11.9 Å². The van der Waals surface area contributed by atoms with Crippen LogP contribution in [0.25, 0.3) is 0 Å². The van der Waals surface area contributed by atoms with Crippen LogP contribution in [0.15, 0.2) is 30.3 Å². The van der Waals surface area contributed by atoms with Gasteiger partial charge in [0.1, 0.15) is 11.2 Å². The van der Waals surface area contributed by atoms with Gasteiger partial charge in [-0.1, -0.05) is 97.6 Å². The second-order valence-electron chi connectivity index (χ2n) is 15.0. The number of benzene rings is 1. The number of carbonyl (C=O) groups excluding carboxylic acids is 2. The normalized spacial score (nSPS) is 13.1. The molecule has 0 spiro atoms. The lowest BCUT2D eigenvalue weighted by Gasteiger charge is -2.23. The average molecular weight is 595 g/mol. The standard InChI is InChI=1S/C19H30O3.C16H32O4/c1-18(2,3)15-11-7-10-14-17(20)21-22-19(4,5)16-12-8-6-9-13-16;1-13(17)12-16(5,6)20-19-14(18)10-8-7-9-11-15(2,3)4/h6,8-9,12-13H,7,10-11,14-15H2,1-5H3;13,17H,7-12H2,1-6H3. The molecule has 1 rings (SSSR count). The number of aliphatic hydroxyl groups excluding tert-OH is 1. The summed E-state index contributed by atoms with van der Waals surface area (Å²) in [5, 5.41) is 9.30. The third kappa shape index (κ3) is 23.6. The van der Waals surface area contributed by atoms with Crippen LogP contribution in [-0.2, 0) is 34.7 Å². The number of hydrogen-bond acceptors (Lipinski definition) is 7. The van der Waals surface area contributed by atoms with Crippen molar-refractivity contribution in [1.29, 1.82) is 0 Å². The van der Waals surface area contributed by atoms with Crippen LogP contribution >= 0.6 is 0 Å². The van der Waals surface area contributed by atoms with E-state index in [1.165, 1.54) is 12.8 Å². The molecule has 7 nitrogen and oxygen atoms in total. The number of unbranched alkanes of at least 4 members (excludes halogenated alkanes) is 4. The lowest BCUT2D eigenvalue weighted by Crippen LogP contribution is -2.30. The monoisotopic (exact) mass is 594 g/mol. The van der Waals surface area contributed by atoms with Gasteiger partial charge in [-0.05, 0) is 76.7 Å². The lowest BCUT2D eigenvalue weighted by molar-refractivity contribution is -0.329. The van der Waals surface area contributed by atoms with Crippen molar-refractivity contribution in [1.82, 2.24) is 0 Å². The number of aliphatic hydroxyl groups is 1. The summed E-state index contributed by atoms with van der Waals surface area (Å²) in [6.45, 7) is 22.4. The van der Waals surface area contributed by atoms with Crippen molar-refractivity contribution in [3.63, 3.8) is 0 Å². The molecule has 1 aromatic carbocycles. The number of carbonyl (C=O) groups is 2. The minimum Gasteiger partial charge on any atom is -0.393 e.